The Kier molecular flexibility index (Phi) is 5.54. The molecule has 0 bridgehead atoms. The monoisotopic (exact) mass is 420 g/mol. The lowest BCUT2D eigenvalue weighted by molar-refractivity contribution is 0.169. The molecule has 1 aromatic heterocycles. The molecule has 5 heteroatoms. The van der Waals surface area contributed by atoms with Gasteiger partial charge in [-0.3, -0.25) is 0 Å². The van der Waals surface area contributed by atoms with Gasteiger partial charge in [0.05, 0.1) is 18.1 Å². The molecule has 0 aliphatic heterocycles. The lowest BCUT2D eigenvalue weighted by Gasteiger charge is -2.44. The Morgan fingerprint density at radius 3 is 2.58 bits per heavy atom. The molecular weight excluding hydrogens is 388 g/mol. The Bertz CT molecular complexity index is 1110. The third-order valence-corrected chi connectivity index (χ3v) is 6.57. The van der Waals surface area contributed by atoms with Gasteiger partial charge in [0.15, 0.2) is 11.5 Å². The van der Waals surface area contributed by atoms with Crippen LogP contribution in [0.3, 0.4) is 0 Å². The molecule has 0 N–H and O–H groups in total. The molecule has 0 amide bonds. The van der Waals surface area contributed by atoms with Crippen molar-refractivity contribution in [2.24, 2.45) is 17.3 Å². The van der Waals surface area contributed by atoms with Crippen LogP contribution in [0.1, 0.15) is 58.1 Å². The van der Waals surface area contributed by atoms with E-state index in [0.29, 0.717) is 29.3 Å². The van der Waals surface area contributed by atoms with E-state index in [0.717, 1.165) is 23.9 Å². The second kappa shape index (κ2) is 8.03. The number of benzene rings is 2. The van der Waals surface area contributed by atoms with Crippen LogP contribution >= 0.6 is 0 Å². The second-order valence-electron chi connectivity index (χ2n) is 9.96. The van der Waals surface area contributed by atoms with Crippen LogP contribution in [0.5, 0.6) is 11.5 Å². The number of methoxy groups -OCH3 is 1. The van der Waals surface area contributed by atoms with Gasteiger partial charge in [-0.05, 0) is 71.4 Å². The normalized spacial score (nSPS) is 18.8. The SMILES string of the molecule is COc1cc2c(cc1OC(=O)n1cnc3ccccc31)CCC(C(C)C)C2C(C)(C)C. The molecule has 3 aromatic rings. The fourth-order valence-corrected chi connectivity index (χ4v) is 5.16. The average Bonchev–Trinajstić information content (AvgIpc) is 3.15. The lowest BCUT2D eigenvalue weighted by Crippen LogP contribution is -2.33. The molecule has 2 unspecified atom stereocenters. The number of rotatable bonds is 3. The van der Waals surface area contributed by atoms with Crippen molar-refractivity contribution in [3.05, 3.63) is 53.9 Å². The number of carbonyl (C=O) groups excluding carboxylic acids is 1. The lowest BCUT2D eigenvalue weighted by atomic mass is 9.61. The number of nitrogens with zero attached hydrogens (tertiary/aromatic N) is 2. The van der Waals surface area contributed by atoms with Crippen LogP contribution in [-0.4, -0.2) is 22.8 Å². The second-order valence-corrected chi connectivity index (χ2v) is 9.96. The molecule has 1 heterocycles. The van der Waals surface area contributed by atoms with Gasteiger partial charge in [-0.25, -0.2) is 14.3 Å². The zero-order valence-electron chi connectivity index (χ0n) is 19.3. The number of hydrogen-bond acceptors (Lipinski definition) is 4. The number of ether oxygens (including phenoxy) is 2. The van der Waals surface area contributed by atoms with Crippen LogP contribution in [0.4, 0.5) is 4.79 Å². The summed E-state index contributed by atoms with van der Waals surface area (Å²) in [5.74, 6) is 2.70. The molecule has 0 radical (unpaired) electrons. The van der Waals surface area contributed by atoms with Gasteiger partial charge in [-0.1, -0.05) is 46.8 Å². The van der Waals surface area contributed by atoms with E-state index in [9.17, 15) is 4.79 Å². The van der Waals surface area contributed by atoms with Crippen molar-refractivity contribution in [1.29, 1.82) is 0 Å². The fourth-order valence-electron chi connectivity index (χ4n) is 5.16. The third-order valence-electron chi connectivity index (χ3n) is 6.57. The molecule has 5 nitrogen and oxygen atoms in total. The summed E-state index contributed by atoms with van der Waals surface area (Å²) in [6.45, 7) is 11.6. The van der Waals surface area contributed by atoms with Crippen LogP contribution in [0, 0.1) is 17.3 Å². The summed E-state index contributed by atoms with van der Waals surface area (Å²) in [7, 11) is 1.63. The van der Waals surface area contributed by atoms with Gasteiger partial charge in [0.2, 0.25) is 0 Å². The van der Waals surface area contributed by atoms with Crippen LogP contribution in [0.15, 0.2) is 42.7 Å². The van der Waals surface area contributed by atoms with E-state index in [1.807, 2.05) is 30.3 Å². The number of imidazole rings is 1. The Hall–Kier alpha value is -2.82. The first-order valence-electron chi connectivity index (χ1n) is 11.1. The highest BCUT2D eigenvalue weighted by atomic mass is 16.6. The van der Waals surface area contributed by atoms with Gasteiger partial charge in [0.25, 0.3) is 0 Å². The third kappa shape index (κ3) is 3.93. The van der Waals surface area contributed by atoms with Crippen molar-refractivity contribution in [3.8, 4) is 11.5 Å². The van der Waals surface area contributed by atoms with Gasteiger partial charge in [0.1, 0.15) is 6.33 Å². The van der Waals surface area contributed by atoms with Crippen molar-refractivity contribution in [3.63, 3.8) is 0 Å². The van der Waals surface area contributed by atoms with Crippen molar-refractivity contribution in [2.45, 2.75) is 53.4 Å². The number of carbonyl (C=O) groups is 1. The number of aryl methyl sites for hydroxylation is 1. The maximum atomic E-state index is 12.9. The first-order chi connectivity index (χ1) is 14.7. The highest BCUT2D eigenvalue weighted by Gasteiger charge is 2.39. The standard InChI is InChI=1S/C26H32N2O3/c1-16(2)18-12-11-17-13-23(22(30-6)14-19(17)24(18)26(3,4)5)31-25(29)28-15-27-20-9-7-8-10-21(20)28/h7-10,13-16,18,24H,11-12H2,1-6H3. The first kappa shape index (κ1) is 21.4. The van der Waals surface area contributed by atoms with Crippen LogP contribution in [0.25, 0.3) is 11.0 Å². The van der Waals surface area contributed by atoms with Gasteiger partial charge in [0, 0.05) is 0 Å². The minimum atomic E-state index is -0.491. The molecule has 0 fully saturated rings. The van der Waals surface area contributed by atoms with E-state index in [4.69, 9.17) is 9.47 Å². The highest BCUT2D eigenvalue weighted by molar-refractivity contribution is 5.87. The number of fused-ring (bicyclic) bond motifs is 2. The molecule has 2 aromatic carbocycles. The summed E-state index contributed by atoms with van der Waals surface area (Å²) in [5, 5.41) is 0. The topological polar surface area (TPSA) is 53.4 Å². The minimum absolute atomic E-state index is 0.128. The zero-order valence-corrected chi connectivity index (χ0v) is 19.3. The van der Waals surface area contributed by atoms with Crippen LogP contribution < -0.4 is 9.47 Å². The first-order valence-corrected chi connectivity index (χ1v) is 11.1. The van der Waals surface area contributed by atoms with Crippen molar-refractivity contribution in [2.75, 3.05) is 7.11 Å². The number of para-hydroxylation sites is 2. The molecular formula is C26H32N2O3. The van der Waals surface area contributed by atoms with Crippen molar-refractivity contribution in [1.82, 2.24) is 9.55 Å². The van der Waals surface area contributed by atoms with Gasteiger partial charge in [-0.15, -0.1) is 0 Å². The number of aromatic nitrogens is 2. The summed E-state index contributed by atoms with van der Waals surface area (Å²) in [5.41, 5.74) is 4.17. The smallest absolute Gasteiger partial charge is 0.425 e. The van der Waals surface area contributed by atoms with E-state index in [1.54, 1.807) is 7.11 Å². The molecule has 164 valence electrons. The predicted molar refractivity (Wildman–Crippen MR) is 123 cm³/mol. The van der Waals surface area contributed by atoms with E-state index >= 15 is 0 Å². The molecule has 0 spiro atoms. The molecule has 4 rings (SSSR count). The maximum Gasteiger partial charge on any atom is 0.425 e. The van der Waals surface area contributed by atoms with Gasteiger partial charge in [-0.2, -0.15) is 0 Å². The van der Waals surface area contributed by atoms with Gasteiger partial charge >= 0.3 is 6.09 Å². The molecule has 1 aliphatic rings. The summed E-state index contributed by atoms with van der Waals surface area (Å²) in [4.78, 5) is 17.2. The summed E-state index contributed by atoms with van der Waals surface area (Å²) < 4.78 is 12.9. The van der Waals surface area contributed by atoms with E-state index in [1.165, 1.54) is 22.0 Å². The maximum absolute atomic E-state index is 12.9. The predicted octanol–water partition coefficient (Wildman–Crippen LogP) is 6.44. The van der Waals surface area contributed by atoms with E-state index in [-0.39, 0.29) is 5.41 Å². The minimum Gasteiger partial charge on any atom is -0.493 e. The van der Waals surface area contributed by atoms with Crippen molar-refractivity contribution < 1.29 is 14.3 Å². The molecule has 31 heavy (non-hydrogen) atoms. The summed E-state index contributed by atoms with van der Waals surface area (Å²) in [6, 6.07) is 11.6. The quantitative estimate of drug-likeness (QED) is 0.489. The largest absolute Gasteiger partial charge is 0.493 e. The Morgan fingerprint density at radius 1 is 1.16 bits per heavy atom. The zero-order chi connectivity index (χ0) is 22.3. The highest BCUT2D eigenvalue weighted by Crippen LogP contribution is 2.51. The summed E-state index contributed by atoms with van der Waals surface area (Å²) in [6.07, 6.45) is 3.13. The number of hydrogen-bond donors (Lipinski definition) is 0. The molecule has 2 atom stereocenters. The average molecular weight is 421 g/mol. The van der Waals surface area contributed by atoms with Crippen LogP contribution in [0.2, 0.25) is 0 Å². The molecule has 1 aliphatic carbocycles. The molecule has 0 saturated heterocycles. The van der Waals surface area contributed by atoms with Gasteiger partial charge < -0.3 is 9.47 Å². The Morgan fingerprint density at radius 2 is 1.90 bits per heavy atom. The fraction of sp³-hybridized carbons (Fsp3) is 0.462. The van der Waals surface area contributed by atoms with Crippen LogP contribution in [-0.2, 0) is 6.42 Å². The Balaban J connectivity index is 1.72. The summed E-state index contributed by atoms with van der Waals surface area (Å²) >= 11 is 0. The van der Waals surface area contributed by atoms with E-state index in [2.05, 4.69) is 45.7 Å². The van der Waals surface area contributed by atoms with Crippen molar-refractivity contribution >= 4 is 17.1 Å². The molecule has 0 saturated carbocycles. The van der Waals surface area contributed by atoms with E-state index < -0.39 is 6.09 Å². The Labute approximate surface area is 184 Å².